The highest BCUT2D eigenvalue weighted by molar-refractivity contribution is 5.71. The van der Waals surface area contributed by atoms with Crippen LogP contribution in [0.25, 0.3) is 0 Å². The van der Waals surface area contributed by atoms with Gasteiger partial charge in [-0.1, -0.05) is 13.5 Å². The van der Waals surface area contributed by atoms with Crippen LogP contribution in [-0.4, -0.2) is 56.7 Å². The van der Waals surface area contributed by atoms with Crippen LogP contribution in [0.3, 0.4) is 0 Å². The van der Waals surface area contributed by atoms with Crippen LogP contribution in [0.4, 0.5) is 10.5 Å². The molecule has 1 N–H and O–H groups in total. The van der Waals surface area contributed by atoms with E-state index in [1.807, 2.05) is 19.1 Å². The van der Waals surface area contributed by atoms with E-state index in [1.165, 1.54) is 10.5 Å². The second kappa shape index (κ2) is 7.31. The molecule has 5 heteroatoms. The van der Waals surface area contributed by atoms with Crippen LogP contribution < -0.4 is 10.1 Å². The molecule has 0 aliphatic carbocycles. The lowest BCUT2D eigenvalue weighted by Crippen LogP contribution is -2.29. The van der Waals surface area contributed by atoms with Crippen molar-refractivity contribution in [1.82, 2.24) is 9.80 Å². The lowest BCUT2D eigenvalue weighted by atomic mass is 10.0. The van der Waals surface area contributed by atoms with Crippen molar-refractivity contribution in [1.29, 1.82) is 0 Å². The van der Waals surface area contributed by atoms with Crippen LogP contribution in [0.15, 0.2) is 18.2 Å². The minimum Gasteiger partial charge on any atom is -0.410 e. The minimum absolute atomic E-state index is 0. The molecule has 1 aliphatic rings. The summed E-state index contributed by atoms with van der Waals surface area (Å²) in [6.07, 6.45) is -0.324. The molecule has 0 saturated carbocycles. The van der Waals surface area contributed by atoms with Gasteiger partial charge in [-0.05, 0) is 32.6 Å². The average molecular weight is 293 g/mol. The summed E-state index contributed by atoms with van der Waals surface area (Å²) in [6.45, 7) is 4.49. The summed E-state index contributed by atoms with van der Waals surface area (Å²) in [6, 6.07) is 5.83. The summed E-state index contributed by atoms with van der Waals surface area (Å²) in [4.78, 5) is 15.5. The molecule has 1 aromatic rings. The fourth-order valence-electron chi connectivity index (χ4n) is 2.36. The summed E-state index contributed by atoms with van der Waals surface area (Å²) in [5.41, 5.74) is 2.36. The maximum Gasteiger partial charge on any atom is 0.414 e. The van der Waals surface area contributed by atoms with Crippen molar-refractivity contribution >= 4 is 11.8 Å². The second-order valence-corrected chi connectivity index (χ2v) is 5.47. The van der Waals surface area contributed by atoms with Crippen molar-refractivity contribution in [2.45, 2.75) is 20.3 Å². The van der Waals surface area contributed by atoms with Crippen LogP contribution in [0.1, 0.15) is 25.8 Å². The third-order valence-corrected chi connectivity index (χ3v) is 3.58. The van der Waals surface area contributed by atoms with Crippen LogP contribution >= 0.6 is 0 Å². The summed E-state index contributed by atoms with van der Waals surface area (Å²) < 4.78 is 5.35. The number of carbonyl (C=O) groups excluding carboxylic acids is 1. The molecule has 118 valence electrons. The molecule has 0 fully saturated rings. The Hall–Kier alpha value is -1.75. The first-order valence-corrected chi connectivity index (χ1v) is 6.96. The Kier molecular flexibility index (Phi) is 6.03. The van der Waals surface area contributed by atoms with E-state index >= 15 is 0 Å². The first-order valence-electron chi connectivity index (χ1n) is 6.96. The average Bonchev–Trinajstić information content (AvgIpc) is 2.79. The van der Waals surface area contributed by atoms with E-state index in [0.29, 0.717) is 18.2 Å². The number of benzene rings is 1. The maximum atomic E-state index is 11.7. The summed E-state index contributed by atoms with van der Waals surface area (Å²) in [5.74, 6) is 1.08. The van der Waals surface area contributed by atoms with Gasteiger partial charge in [0.2, 0.25) is 0 Å². The Bertz CT molecular complexity index is 488. The molecule has 0 bridgehead atoms. The van der Waals surface area contributed by atoms with Crippen molar-refractivity contribution in [2.75, 3.05) is 46.1 Å². The lowest BCUT2D eigenvalue weighted by Gasteiger charge is -2.16. The summed E-state index contributed by atoms with van der Waals surface area (Å²) in [5, 5.41) is 3.38. The van der Waals surface area contributed by atoms with E-state index in [9.17, 15) is 4.79 Å². The predicted molar refractivity (Wildman–Crippen MR) is 87.3 cm³/mol. The third-order valence-electron chi connectivity index (χ3n) is 3.58. The van der Waals surface area contributed by atoms with Gasteiger partial charge in [-0.3, -0.25) is 0 Å². The number of amides is 1. The quantitative estimate of drug-likeness (QED) is 0.927. The maximum absolute atomic E-state index is 11.7. The third kappa shape index (κ3) is 4.11. The SMILES string of the molecule is C.CCN(C)C(=O)Oc1ccc2c(c1)NCC2CN(C)C. The van der Waals surface area contributed by atoms with E-state index in [0.717, 1.165) is 18.8 Å². The van der Waals surface area contributed by atoms with Gasteiger partial charge in [-0.15, -0.1) is 0 Å². The molecule has 2 rings (SSSR count). The van der Waals surface area contributed by atoms with Crippen LogP contribution in [0.2, 0.25) is 0 Å². The van der Waals surface area contributed by atoms with Crippen molar-refractivity contribution in [3.8, 4) is 5.75 Å². The van der Waals surface area contributed by atoms with Gasteiger partial charge in [0.1, 0.15) is 5.75 Å². The largest absolute Gasteiger partial charge is 0.414 e. The number of nitrogens with one attached hydrogen (secondary N) is 1. The number of carbonyl (C=O) groups is 1. The highest BCUT2D eigenvalue weighted by atomic mass is 16.6. The number of hydrogen-bond donors (Lipinski definition) is 1. The molecule has 0 radical (unpaired) electrons. The molecule has 1 unspecified atom stereocenters. The highest BCUT2D eigenvalue weighted by Crippen LogP contribution is 2.34. The van der Waals surface area contributed by atoms with E-state index in [-0.39, 0.29) is 13.5 Å². The molecular formula is C16H27N3O2. The molecule has 1 amide bonds. The molecule has 0 spiro atoms. The Morgan fingerprint density at radius 2 is 2.10 bits per heavy atom. The number of rotatable bonds is 4. The first-order chi connectivity index (χ1) is 9.51. The van der Waals surface area contributed by atoms with Crippen molar-refractivity contribution in [3.05, 3.63) is 23.8 Å². The number of likely N-dealkylation sites (N-methyl/N-ethyl adjacent to an activating group) is 1. The minimum atomic E-state index is -0.324. The highest BCUT2D eigenvalue weighted by Gasteiger charge is 2.23. The van der Waals surface area contributed by atoms with E-state index in [1.54, 1.807) is 7.05 Å². The second-order valence-electron chi connectivity index (χ2n) is 5.47. The molecule has 21 heavy (non-hydrogen) atoms. The summed E-state index contributed by atoms with van der Waals surface area (Å²) in [7, 11) is 5.88. The van der Waals surface area contributed by atoms with E-state index in [2.05, 4.69) is 30.4 Å². The Morgan fingerprint density at radius 1 is 1.38 bits per heavy atom. The number of ether oxygens (including phenoxy) is 1. The zero-order valence-electron chi connectivity index (χ0n) is 12.6. The van der Waals surface area contributed by atoms with E-state index in [4.69, 9.17) is 4.74 Å². The van der Waals surface area contributed by atoms with Gasteiger partial charge in [-0.25, -0.2) is 4.79 Å². The normalized spacial score (nSPS) is 16.0. The van der Waals surface area contributed by atoms with Gasteiger partial charge in [0, 0.05) is 44.4 Å². The topological polar surface area (TPSA) is 44.8 Å². The number of nitrogens with zero attached hydrogens (tertiary/aromatic N) is 2. The Labute approximate surface area is 127 Å². The molecule has 5 nitrogen and oxygen atoms in total. The van der Waals surface area contributed by atoms with Gasteiger partial charge in [0.25, 0.3) is 0 Å². The lowest BCUT2D eigenvalue weighted by molar-refractivity contribution is 0.165. The van der Waals surface area contributed by atoms with Gasteiger partial charge >= 0.3 is 6.09 Å². The van der Waals surface area contributed by atoms with Gasteiger partial charge in [-0.2, -0.15) is 0 Å². The van der Waals surface area contributed by atoms with Crippen molar-refractivity contribution in [2.24, 2.45) is 0 Å². The Morgan fingerprint density at radius 3 is 2.71 bits per heavy atom. The van der Waals surface area contributed by atoms with Crippen molar-refractivity contribution in [3.63, 3.8) is 0 Å². The molecule has 1 aliphatic heterocycles. The zero-order chi connectivity index (χ0) is 14.7. The molecule has 1 atom stereocenters. The van der Waals surface area contributed by atoms with E-state index < -0.39 is 0 Å². The summed E-state index contributed by atoms with van der Waals surface area (Å²) >= 11 is 0. The van der Waals surface area contributed by atoms with Crippen LogP contribution in [-0.2, 0) is 0 Å². The molecular weight excluding hydrogens is 266 g/mol. The van der Waals surface area contributed by atoms with Crippen LogP contribution in [0, 0.1) is 0 Å². The first kappa shape index (κ1) is 17.3. The van der Waals surface area contributed by atoms with Gasteiger partial charge in [0.15, 0.2) is 0 Å². The van der Waals surface area contributed by atoms with Gasteiger partial charge < -0.3 is 19.9 Å². The predicted octanol–water partition coefficient (Wildman–Crippen LogP) is 2.84. The fourth-order valence-corrected chi connectivity index (χ4v) is 2.36. The zero-order valence-corrected chi connectivity index (χ0v) is 12.6. The standard InChI is InChI=1S/C15H23N3O2.CH4/c1-5-18(4)15(19)20-12-6-7-13-11(10-17(2)3)9-16-14(13)8-12;/h6-8,11,16H,5,9-10H2,1-4H3;1H4. The van der Waals surface area contributed by atoms with Crippen LogP contribution in [0.5, 0.6) is 5.75 Å². The monoisotopic (exact) mass is 293 g/mol. The number of anilines is 1. The van der Waals surface area contributed by atoms with Crippen molar-refractivity contribution < 1.29 is 9.53 Å². The smallest absolute Gasteiger partial charge is 0.410 e. The molecule has 0 saturated heterocycles. The molecule has 1 heterocycles. The number of hydrogen-bond acceptors (Lipinski definition) is 4. The van der Waals surface area contributed by atoms with Gasteiger partial charge in [0.05, 0.1) is 0 Å². The molecule has 1 aromatic carbocycles. The fraction of sp³-hybridized carbons (Fsp3) is 0.562. The molecule has 0 aromatic heterocycles. The Balaban J connectivity index is 0.00000220. The number of fused-ring (bicyclic) bond motifs is 1.